The van der Waals surface area contributed by atoms with Gasteiger partial charge in [0.1, 0.15) is 12.6 Å². The summed E-state index contributed by atoms with van der Waals surface area (Å²) in [6, 6.07) is 15.4. The first-order valence-corrected chi connectivity index (χ1v) is 11.1. The number of carboxylic acids is 1. The van der Waals surface area contributed by atoms with Gasteiger partial charge in [0.2, 0.25) is 5.91 Å². The van der Waals surface area contributed by atoms with Gasteiger partial charge in [0, 0.05) is 18.4 Å². The standard InChI is InChI=1S/C25H28N2O5/c1-2-7-22(24(29)30)27-23(28)20-12-15(20)13-26-25(31)32-14-21-18-10-5-3-8-16(18)17-9-4-6-11-19(17)21/h3-6,8-11,15,20-22H,2,7,12-14H2,1H3,(H,26,31)(H,27,28)(H,29,30)/t15-,20-,22-/m1/s1. The fourth-order valence-electron chi connectivity index (χ4n) is 4.48. The van der Waals surface area contributed by atoms with Gasteiger partial charge in [0.15, 0.2) is 0 Å². The molecule has 1 fully saturated rings. The molecule has 0 aromatic heterocycles. The highest BCUT2D eigenvalue weighted by Crippen LogP contribution is 2.44. The number of hydrogen-bond acceptors (Lipinski definition) is 4. The van der Waals surface area contributed by atoms with Gasteiger partial charge < -0.3 is 20.5 Å². The molecule has 2 aromatic carbocycles. The van der Waals surface area contributed by atoms with Gasteiger partial charge >= 0.3 is 12.1 Å². The quantitative estimate of drug-likeness (QED) is 0.558. The first kappa shape index (κ1) is 21.9. The Balaban J connectivity index is 1.25. The number of ether oxygens (including phenoxy) is 1. The van der Waals surface area contributed by atoms with E-state index < -0.39 is 18.1 Å². The number of carboxylic acid groups (broad SMARTS) is 1. The summed E-state index contributed by atoms with van der Waals surface area (Å²) in [6.07, 6.45) is 1.20. The van der Waals surface area contributed by atoms with Gasteiger partial charge in [-0.1, -0.05) is 61.9 Å². The van der Waals surface area contributed by atoms with Crippen molar-refractivity contribution in [3.8, 4) is 11.1 Å². The Hall–Kier alpha value is -3.35. The van der Waals surface area contributed by atoms with Crippen molar-refractivity contribution >= 4 is 18.0 Å². The van der Waals surface area contributed by atoms with Crippen LogP contribution in [0.3, 0.4) is 0 Å². The third-order valence-electron chi connectivity index (χ3n) is 6.30. The SMILES string of the molecule is CCC[C@@H](NC(=O)[C@@H]1C[C@@H]1CNC(=O)OCC1c2ccccc2-c2ccccc21)C(=O)O. The van der Waals surface area contributed by atoms with E-state index in [1.807, 2.05) is 31.2 Å². The average Bonchev–Trinajstić information content (AvgIpc) is 3.51. The minimum Gasteiger partial charge on any atom is -0.480 e. The second-order valence-corrected chi connectivity index (χ2v) is 8.50. The molecule has 2 aliphatic carbocycles. The number of amides is 2. The molecule has 4 rings (SSSR count). The number of fused-ring (bicyclic) bond motifs is 3. The molecular formula is C25H28N2O5. The van der Waals surface area contributed by atoms with Gasteiger partial charge in [-0.3, -0.25) is 4.79 Å². The Morgan fingerprint density at radius 1 is 1.06 bits per heavy atom. The lowest BCUT2D eigenvalue weighted by Gasteiger charge is -2.15. The first-order valence-electron chi connectivity index (χ1n) is 11.1. The zero-order valence-corrected chi connectivity index (χ0v) is 18.0. The molecule has 0 bridgehead atoms. The van der Waals surface area contributed by atoms with E-state index in [4.69, 9.17) is 4.74 Å². The summed E-state index contributed by atoms with van der Waals surface area (Å²) in [6.45, 7) is 2.45. The summed E-state index contributed by atoms with van der Waals surface area (Å²) in [5, 5.41) is 14.5. The molecule has 0 spiro atoms. The summed E-state index contributed by atoms with van der Waals surface area (Å²) >= 11 is 0. The van der Waals surface area contributed by atoms with E-state index in [1.165, 1.54) is 11.1 Å². The van der Waals surface area contributed by atoms with Crippen LogP contribution in [0.1, 0.15) is 43.2 Å². The molecule has 168 valence electrons. The van der Waals surface area contributed by atoms with Gasteiger partial charge in [0.25, 0.3) is 0 Å². The maximum absolute atomic E-state index is 12.3. The molecule has 0 aliphatic heterocycles. The van der Waals surface area contributed by atoms with Crippen molar-refractivity contribution in [2.24, 2.45) is 11.8 Å². The Bertz CT molecular complexity index is 975. The van der Waals surface area contributed by atoms with Crippen molar-refractivity contribution in [3.05, 3.63) is 59.7 Å². The number of rotatable bonds is 9. The molecule has 0 radical (unpaired) electrons. The van der Waals surface area contributed by atoms with Crippen molar-refractivity contribution in [2.45, 2.75) is 38.1 Å². The van der Waals surface area contributed by atoms with E-state index in [-0.39, 0.29) is 30.3 Å². The fraction of sp³-hybridized carbons (Fsp3) is 0.400. The minimum absolute atomic E-state index is 0.000816. The zero-order chi connectivity index (χ0) is 22.7. The summed E-state index contributed by atoms with van der Waals surface area (Å²) < 4.78 is 5.51. The highest BCUT2D eigenvalue weighted by atomic mass is 16.5. The molecule has 0 unspecified atom stereocenters. The van der Waals surface area contributed by atoms with Crippen molar-refractivity contribution in [2.75, 3.05) is 13.2 Å². The topological polar surface area (TPSA) is 105 Å². The van der Waals surface area contributed by atoms with Crippen LogP contribution in [0.2, 0.25) is 0 Å². The lowest BCUT2D eigenvalue weighted by Crippen LogP contribution is -2.42. The summed E-state index contributed by atoms with van der Waals surface area (Å²) in [4.78, 5) is 35.7. The Kier molecular flexibility index (Phi) is 6.44. The summed E-state index contributed by atoms with van der Waals surface area (Å²) in [7, 11) is 0. The molecule has 2 amide bonds. The predicted molar refractivity (Wildman–Crippen MR) is 119 cm³/mol. The van der Waals surface area contributed by atoms with Gasteiger partial charge in [-0.2, -0.15) is 0 Å². The molecule has 2 aliphatic rings. The van der Waals surface area contributed by atoms with E-state index in [0.717, 1.165) is 11.1 Å². The lowest BCUT2D eigenvalue weighted by molar-refractivity contribution is -0.142. The molecule has 7 heteroatoms. The molecule has 3 N–H and O–H groups in total. The monoisotopic (exact) mass is 436 g/mol. The molecule has 1 saturated carbocycles. The summed E-state index contributed by atoms with van der Waals surface area (Å²) in [5.74, 6) is -1.53. The van der Waals surface area contributed by atoms with Crippen molar-refractivity contribution < 1.29 is 24.2 Å². The smallest absolute Gasteiger partial charge is 0.407 e. The second kappa shape index (κ2) is 9.42. The van der Waals surface area contributed by atoms with E-state index in [1.54, 1.807) is 0 Å². The van der Waals surface area contributed by atoms with E-state index in [0.29, 0.717) is 25.8 Å². The number of aliphatic carboxylic acids is 1. The van der Waals surface area contributed by atoms with Crippen LogP contribution in [0.4, 0.5) is 4.79 Å². The first-order chi connectivity index (χ1) is 15.5. The molecule has 32 heavy (non-hydrogen) atoms. The van der Waals surface area contributed by atoms with E-state index in [2.05, 4.69) is 34.9 Å². The number of benzene rings is 2. The van der Waals surface area contributed by atoms with E-state index >= 15 is 0 Å². The van der Waals surface area contributed by atoms with Crippen LogP contribution in [-0.4, -0.2) is 42.3 Å². The van der Waals surface area contributed by atoms with Crippen LogP contribution in [-0.2, 0) is 14.3 Å². The molecule has 3 atom stereocenters. The van der Waals surface area contributed by atoms with Crippen LogP contribution in [0.25, 0.3) is 11.1 Å². The largest absolute Gasteiger partial charge is 0.480 e. The zero-order valence-electron chi connectivity index (χ0n) is 18.0. The Morgan fingerprint density at radius 2 is 1.69 bits per heavy atom. The van der Waals surface area contributed by atoms with Crippen molar-refractivity contribution in [1.29, 1.82) is 0 Å². The molecule has 0 heterocycles. The highest BCUT2D eigenvalue weighted by Gasteiger charge is 2.44. The molecular weight excluding hydrogens is 408 g/mol. The Morgan fingerprint density at radius 3 is 2.28 bits per heavy atom. The normalized spacial score (nSPS) is 19.4. The number of nitrogens with one attached hydrogen (secondary N) is 2. The second-order valence-electron chi connectivity index (χ2n) is 8.50. The molecule has 0 saturated heterocycles. The van der Waals surface area contributed by atoms with Crippen LogP contribution in [0, 0.1) is 11.8 Å². The van der Waals surface area contributed by atoms with Gasteiger partial charge in [-0.15, -0.1) is 0 Å². The number of carbonyl (C=O) groups excluding carboxylic acids is 2. The third kappa shape index (κ3) is 4.61. The van der Waals surface area contributed by atoms with Crippen LogP contribution >= 0.6 is 0 Å². The van der Waals surface area contributed by atoms with E-state index in [9.17, 15) is 19.5 Å². The van der Waals surface area contributed by atoms with Crippen molar-refractivity contribution in [3.63, 3.8) is 0 Å². The third-order valence-corrected chi connectivity index (χ3v) is 6.30. The highest BCUT2D eigenvalue weighted by molar-refractivity contribution is 5.86. The average molecular weight is 437 g/mol. The van der Waals surface area contributed by atoms with Gasteiger partial charge in [0.05, 0.1) is 0 Å². The predicted octanol–water partition coefficient (Wildman–Crippen LogP) is 3.53. The number of alkyl carbamates (subject to hydrolysis) is 1. The summed E-state index contributed by atoms with van der Waals surface area (Å²) in [5.41, 5.74) is 4.65. The minimum atomic E-state index is -1.02. The Labute approximate surface area is 187 Å². The van der Waals surface area contributed by atoms with Gasteiger partial charge in [-0.25, -0.2) is 9.59 Å². The number of hydrogen-bond donors (Lipinski definition) is 3. The fourth-order valence-corrected chi connectivity index (χ4v) is 4.48. The van der Waals surface area contributed by atoms with Crippen LogP contribution < -0.4 is 10.6 Å². The lowest BCUT2D eigenvalue weighted by atomic mass is 9.98. The van der Waals surface area contributed by atoms with Crippen LogP contribution in [0.15, 0.2) is 48.5 Å². The van der Waals surface area contributed by atoms with Crippen molar-refractivity contribution in [1.82, 2.24) is 10.6 Å². The molecule has 7 nitrogen and oxygen atoms in total. The maximum Gasteiger partial charge on any atom is 0.407 e. The van der Waals surface area contributed by atoms with Gasteiger partial charge in [-0.05, 0) is 41.0 Å². The molecule has 2 aromatic rings. The van der Waals surface area contributed by atoms with Crippen LogP contribution in [0.5, 0.6) is 0 Å². The number of carbonyl (C=O) groups is 3. The maximum atomic E-state index is 12.3.